The summed E-state index contributed by atoms with van der Waals surface area (Å²) in [7, 11) is 1.59. The van der Waals surface area contributed by atoms with Crippen molar-refractivity contribution in [2.75, 3.05) is 7.11 Å². The molecule has 1 N–H and O–H groups in total. The Morgan fingerprint density at radius 2 is 1.87 bits per heavy atom. The summed E-state index contributed by atoms with van der Waals surface area (Å²) in [4.78, 5) is 17.0. The van der Waals surface area contributed by atoms with Crippen molar-refractivity contribution < 1.29 is 13.9 Å². The van der Waals surface area contributed by atoms with Gasteiger partial charge in [-0.15, -0.1) is 0 Å². The molecule has 0 bridgehead atoms. The smallest absolute Gasteiger partial charge is 0.270 e. The van der Waals surface area contributed by atoms with Gasteiger partial charge in [0.25, 0.3) is 5.91 Å². The van der Waals surface area contributed by atoms with Crippen LogP contribution in [0.4, 0.5) is 4.39 Å². The van der Waals surface area contributed by atoms with Crippen LogP contribution in [0.15, 0.2) is 79.1 Å². The highest BCUT2D eigenvalue weighted by Crippen LogP contribution is 2.23. The molecule has 0 saturated heterocycles. The minimum atomic E-state index is -0.331. The van der Waals surface area contributed by atoms with Crippen LogP contribution in [0.1, 0.15) is 16.1 Å². The number of rotatable bonds is 6. The Hall–Kier alpha value is -4.00. The van der Waals surface area contributed by atoms with Gasteiger partial charge in [-0.1, -0.05) is 6.07 Å². The third-order valence-corrected chi connectivity index (χ3v) is 4.57. The Morgan fingerprint density at radius 3 is 2.53 bits per heavy atom. The van der Waals surface area contributed by atoms with Gasteiger partial charge in [0.2, 0.25) is 0 Å². The molecule has 0 aliphatic heterocycles. The zero-order valence-corrected chi connectivity index (χ0v) is 16.2. The Balaban J connectivity index is 1.68. The van der Waals surface area contributed by atoms with Gasteiger partial charge in [-0.25, -0.2) is 9.07 Å². The van der Waals surface area contributed by atoms with Crippen molar-refractivity contribution in [3.63, 3.8) is 0 Å². The molecule has 4 rings (SSSR count). The van der Waals surface area contributed by atoms with Crippen LogP contribution in [-0.2, 0) is 6.54 Å². The second-order valence-corrected chi connectivity index (χ2v) is 6.58. The molecule has 4 aromatic rings. The van der Waals surface area contributed by atoms with E-state index in [1.807, 2.05) is 24.3 Å². The van der Waals surface area contributed by atoms with E-state index >= 15 is 0 Å². The first-order chi connectivity index (χ1) is 14.6. The number of hydrogen-bond acceptors (Lipinski definition) is 4. The van der Waals surface area contributed by atoms with E-state index in [4.69, 9.17) is 4.74 Å². The fourth-order valence-electron chi connectivity index (χ4n) is 3.00. The minimum Gasteiger partial charge on any atom is -0.497 e. The molecule has 150 valence electrons. The first-order valence-electron chi connectivity index (χ1n) is 9.31. The highest BCUT2D eigenvalue weighted by atomic mass is 19.1. The van der Waals surface area contributed by atoms with Crippen molar-refractivity contribution in [3.8, 4) is 22.7 Å². The number of pyridine rings is 1. The molecule has 0 radical (unpaired) electrons. The van der Waals surface area contributed by atoms with E-state index in [2.05, 4.69) is 15.4 Å². The number of benzene rings is 2. The lowest BCUT2D eigenvalue weighted by atomic mass is 10.1. The summed E-state index contributed by atoms with van der Waals surface area (Å²) >= 11 is 0. The minimum absolute atomic E-state index is 0.282. The molecule has 0 aliphatic rings. The third-order valence-electron chi connectivity index (χ3n) is 4.57. The second-order valence-electron chi connectivity index (χ2n) is 6.58. The molecule has 2 aromatic heterocycles. The fourth-order valence-corrected chi connectivity index (χ4v) is 3.00. The van der Waals surface area contributed by atoms with Gasteiger partial charge in [0.15, 0.2) is 0 Å². The Morgan fingerprint density at radius 1 is 1.10 bits per heavy atom. The third kappa shape index (κ3) is 4.20. The van der Waals surface area contributed by atoms with Crippen LogP contribution in [0.25, 0.3) is 16.9 Å². The monoisotopic (exact) mass is 402 g/mol. The van der Waals surface area contributed by atoms with Gasteiger partial charge in [0.05, 0.1) is 18.5 Å². The number of amides is 1. The van der Waals surface area contributed by atoms with Gasteiger partial charge in [-0.2, -0.15) is 5.10 Å². The standard InChI is InChI=1S/C23H19FN4O2/c1-30-20-10-8-19(9-11-20)28-22(23(29)26-15-16-3-2-12-25-14-16)13-21(27-28)17-4-6-18(24)7-5-17/h2-14H,15H2,1H3,(H,26,29). The van der Waals surface area contributed by atoms with Gasteiger partial charge in [-0.3, -0.25) is 9.78 Å². The summed E-state index contributed by atoms with van der Waals surface area (Å²) in [6, 6.07) is 18.6. The number of ether oxygens (including phenoxy) is 1. The Kier molecular flexibility index (Phi) is 5.52. The molecule has 0 spiro atoms. The molecule has 0 aliphatic carbocycles. The summed E-state index contributed by atoms with van der Waals surface area (Å²) in [6.07, 6.45) is 3.38. The van der Waals surface area contributed by atoms with Gasteiger partial charge >= 0.3 is 0 Å². The number of aromatic nitrogens is 3. The van der Waals surface area contributed by atoms with Crippen LogP contribution in [0.3, 0.4) is 0 Å². The number of nitrogens with zero attached hydrogens (tertiary/aromatic N) is 3. The molecule has 7 heteroatoms. The number of hydrogen-bond donors (Lipinski definition) is 1. The Bertz CT molecular complexity index is 1140. The van der Waals surface area contributed by atoms with Crippen LogP contribution in [0.5, 0.6) is 5.75 Å². The van der Waals surface area contributed by atoms with Crippen LogP contribution >= 0.6 is 0 Å². The zero-order valence-electron chi connectivity index (χ0n) is 16.2. The second kappa shape index (κ2) is 8.57. The number of methoxy groups -OCH3 is 1. The van der Waals surface area contributed by atoms with Crippen LogP contribution in [0, 0.1) is 5.82 Å². The van der Waals surface area contributed by atoms with E-state index in [-0.39, 0.29) is 11.7 Å². The molecule has 0 fully saturated rings. The Labute approximate surface area is 173 Å². The molecule has 30 heavy (non-hydrogen) atoms. The normalized spacial score (nSPS) is 10.6. The van der Waals surface area contributed by atoms with Crippen LogP contribution in [-0.4, -0.2) is 27.8 Å². The number of carbonyl (C=O) groups excluding carboxylic acids is 1. The summed E-state index contributed by atoms with van der Waals surface area (Å²) in [5.41, 5.74) is 3.24. The van der Waals surface area contributed by atoms with Crippen molar-refractivity contribution in [1.82, 2.24) is 20.1 Å². The summed E-state index contributed by atoms with van der Waals surface area (Å²) in [5, 5.41) is 7.49. The van der Waals surface area contributed by atoms with Crippen molar-refractivity contribution in [2.45, 2.75) is 6.54 Å². The molecule has 0 atom stereocenters. The van der Waals surface area contributed by atoms with Gasteiger partial charge in [0.1, 0.15) is 17.3 Å². The first-order valence-corrected chi connectivity index (χ1v) is 9.31. The van der Waals surface area contributed by atoms with Gasteiger partial charge in [0, 0.05) is 24.5 Å². The maximum absolute atomic E-state index is 13.3. The molecule has 2 heterocycles. The van der Waals surface area contributed by atoms with Crippen molar-refractivity contribution in [3.05, 3.63) is 96.2 Å². The topological polar surface area (TPSA) is 69.0 Å². The van der Waals surface area contributed by atoms with E-state index in [1.165, 1.54) is 12.1 Å². The summed E-state index contributed by atoms with van der Waals surface area (Å²) in [6.45, 7) is 0.340. The number of carbonyl (C=O) groups is 1. The van der Waals surface area contributed by atoms with Gasteiger partial charge in [-0.05, 0) is 66.2 Å². The molecular formula is C23H19FN4O2. The molecular weight excluding hydrogens is 383 g/mol. The maximum atomic E-state index is 13.3. The van der Waals surface area contributed by atoms with E-state index in [0.29, 0.717) is 34.9 Å². The average Bonchev–Trinajstić information content (AvgIpc) is 3.24. The van der Waals surface area contributed by atoms with E-state index < -0.39 is 0 Å². The lowest BCUT2D eigenvalue weighted by molar-refractivity contribution is 0.0943. The lowest BCUT2D eigenvalue weighted by Crippen LogP contribution is -2.25. The quantitative estimate of drug-likeness (QED) is 0.529. The molecule has 6 nitrogen and oxygen atoms in total. The fraction of sp³-hybridized carbons (Fsp3) is 0.0870. The van der Waals surface area contributed by atoms with Crippen molar-refractivity contribution in [1.29, 1.82) is 0 Å². The lowest BCUT2D eigenvalue weighted by Gasteiger charge is -2.09. The number of nitrogens with one attached hydrogen (secondary N) is 1. The predicted octanol–water partition coefficient (Wildman–Crippen LogP) is 4.01. The molecule has 2 aromatic carbocycles. The van der Waals surface area contributed by atoms with E-state index in [9.17, 15) is 9.18 Å². The zero-order chi connectivity index (χ0) is 20.9. The highest BCUT2D eigenvalue weighted by molar-refractivity contribution is 5.94. The van der Waals surface area contributed by atoms with E-state index in [0.717, 1.165) is 5.56 Å². The molecule has 0 unspecified atom stereocenters. The van der Waals surface area contributed by atoms with Crippen molar-refractivity contribution in [2.24, 2.45) is 0 Å². The summed E-state index contributed by atoms with van der Waals surface area (Å²) in [5.74, 6) is 0.0885. The average molecular weight is 402 g/mol. The maximum Gasteiger partial charge on any atom is 0.270 e. The van der Waals surface area contributed by atoms with Crippen LogP contribution < -0.4 is 10.1 Å². The predicted molar refractivity (Wildman–Crippen MR) is 111 cm³/mol. The van der Waals surface area contributed by atoms with Crippen molar-refractivity contribution >= 4 is 5.91 Å². The highest BCUT2D eigenvalue weighted by Gasteiger charge is 2.18. The molecule has 0 saturated carbocycles. The molecule has 1 amide bonds. The largest absolute Gasteiger partial charge is 0.497 e. The SMILES string of the molecule is COc1ccc(-n2nc(-c3ccc(F)cc3)cc2C(=O)NCc2cccnc2)cc1. The number of halogens is 1. The van der Waals surface area contributed by atoms with Gasteiger partial charge < -0.3 is 10.1 Å². The first kappa shape index (κ1) is 19.3. The van der Waals surface area contributed by atoms with Crippen LogP contribution in [0.2, 0.25) is 0 Å². The summed E-state index contributed by atoms with van der Waals surface area (Å²) < 4.78 is 20.1. The van der Waals surface area contributed by atoms with E-state index in [1.54, 1.807) is 54.5 Å².